The van der Waals surface area contributed by atoms with Crippen molar-refractivity contribution in [2.75, 3.05) is 13.1 Å². The van der Waals surface area contributed by atoms with Crippen LogP contribution in [0.15, 0.2) is 10.5 Å². The Balaban J connectivity index is 0.00000162. The van der Waals surface area contributed by atoms with Crippen LogP contribution < -0.4 is 5.73 Å². The fourth-order valence-corrected chi connectivity index (χ4v) is 2.36. The van der Waals surface area contributed by atoms with Crippen LogP contribution in [0.25, 0.3) is 0 Å². The molecule has 2 rings (SSSR count). The Bertz CT molecular complexity index is 431. The number of furan rings is 1. The summed E-state index contributed by atoms with van der Waals surface area (Å²) in [4.78, 5) is 14.2. The molecule has 1 aliphatic heterocycles. The fourth-order valence-electron chi connectivity index (χ4n) is 2.36. The second kappa shape index (κ2) is 5.76. The van der Waals surface area contributed by atoms with Crippen LogP contribution in [-0.4, -0.2) is 29.9 Å². The van der Waals surface area contributed by atoms with Gasteiger partial charge in [0.25, 0.3) is 5.91 Å². The maximum Gasteiger partial charge on any atom is 0.257 e. The van der Waals surface area contributed by atoms with Gasteiger partial charge in [-0.15, -0.1) is 12.4 Å². The summed E-state index contributed by atoms with van der Waals surface area (Å²) in [6, 6.07) is 2.03. The third kappa shape index (κ3) is 2.87. The highest BCUT2D eigenvalue weighted by molar-refractivity contribution is 5.95. The summed E-state index contributed by atoms with van der Waals surface area (Å²) in [5, 5.41) is 0. The SMILES string of the molecule is Cc1cc(C(=O)N2CCC(N)C(C)C2)c(C)o1.Cl. The highest BCUT2D eigenvalue weighted by atomic mass is 35.5. The molecule has 2 unspecified atom stereocenters. The van der Waals surface area contributed by atoms with Gasteiger partial charge in [-0.05, 0) is 32.3 Å². The standard InChI is InChI=1S/C13H20N2O2.ClH/c1-8-7-15(5-4-12(8)14)13(16)11-6-9(2)17-10(11)3;/h6,8,12H,4-5,7,14H2,1-3H3;1H. The first-order chi connectivity index (χ1) is 7.99. The van der Waals surface area contributed by atoms with E-state index in [1.807, 2.05) is 24.8 Å². The predicted octanol–water partition coefficient (Wildman–Crippen LogP) is 2.13. The smallest absolute Gasteiger partial charge is 0.257 e. The molecule has 1 aromatic heterocycles. The largest absolute Gasteiger partial charge is 0.466 e. The molecule has 102 valence electrons. The quantitative estimate of drug-likeness (QED) is 0.852. The van der Waals surface area contributed by atoms with E-state index in [0.717, 1.165) is 25.3 Å². The van der Waals surface area contributed by atoms with E-state index in [2.05, 4.69) is 6.92 Å². The highest BCUT2D eigenvalue weighted by Gasteiger charge is 2.28. The number of hydrogen-bond acceptors (Lipinski definition) is 3. The zero-order valence-electron chi connectivity index (χ0n) is 11.1. The topological polar surface area (TPSA) is 59.5 Å². The van der Waals surface area contributed by atoms with Gasteiger partial charge in [-0.3, -0.25) is 4.79 Å². The van der Waals surface area contributed by atoms with E-state index >= 15 is 0 Å². The number of halogens is 1. The van der Waals surface area contributed by atoms with Crippen LogP contribution in [0.5, 0.6) is 0 Å². The van der Waals surface area contributed by atoms with Crippen LogP contribution >= 0.6 is 12.4 Å². The van der Waals surface area contributed by atoms with Gasteiger partial charge in [0.2, 0.25) is 0 Å². The Morgan fingerprint density at radius 1 is 1.50 bits per heavy atom. The molecule has 0 radical (unpaired) electrons. The zero-order valence-corrected chi connectivity index (χ0v) is 11.9. The monoisotopic (exact) mass is 272 g/mol. The number of likely N-dealkylation sites (tertiary alicyclic amines) is 1. The summed E-state index contributed by atoms with van der Waals surface area (Å²) in [5.41, 5.74) is 6.64. The fraction of sp³-hybridized carbons (Fsp3) is 0.615. The van der Waals surface area contributed by atoms with E-state index in [1.54, 1.807) is 0 Å². The second-order valence-electron chi connectivity index (χ2n) is 5.01. The minimum atomic E-state index is 0. The second-order valence-corrected chi connectivity index (χ2v) is 5.01. The van der Waals surface area contributed by atoms with Gasteiger partial charge < -0.3 is 15.1 Å². The molecule has 1 amide bonds. The predicted molar refractivity (Wildman–Crippen MR) is 73.1 cm³/mol. The summed E-state index contributed by atoms with van der Waals surface area (Å²) in [5.74, 6) is 1.92. The van der Waals surface area contributed by atoms with Gasteiger partial charge in [0.15, 0.2) is 0 Å². The molecule has 0 saturated carbocycles. The van der Waals surface area contributed by atoms with E-state index < -0.39 is 0 Å². The number of nitrogens with zero attached hydrogens (tertiary/aromatic N) is 1. The number of carbonyl (C=O) groups is 1. The number of nitrogens with two attached hydrogens (primary N) is 1. The van der Waals surface area contributed by atoms with Gasteiger partial charge in [-0.2, -0.15) is 0 Å². The van der Waals surface area contributed by atoms with E-state index in [0.29, 0.717) is 17.2 Å². The first-order valence-corrected chi connectivity index (χ1v) is 6.11. The summed E-state index contributed by atoms with van der Waals surface area (Å²) >= 11 is 0. The van der Waals surface area contributed by atoms with Crippen LogP contribution in [0, 0.1) is 19.8 Å². The summed E-state index contributed by atoms with van der Waals surface area (Å²) in [6.45, 7) is 7.27. The Hall–Kier alpha value is -1.000. The van der Waals surface area contributed by atoms with Crippen molar-refractivity contribution in [1.29, 1.82) is 0 Å². The molecule has 0 bridgehead atoms. The van der Waals surface area contributed by atoms with Crippen molar-refractivity contribution in [2.45, 2.75) is 33.2 Å². The molecule has 0 aromatic carbocycles. The lowest BCUT2D eigenvalue weighted by Crippen LogP contribution is -2.48. The zero-order chi connectivity index (χ0) is 12.6. The molecule has 1 fully saturated rings. The average molecular weight is 273 g/mol. The lowest BCUT2D eigenvalue weighted by atomic mass is 9.94. The molecule has 18 heavy (non-hydrogen) atoms. The van der Waals surface area contributed by atoms with Gasteiger partial charge in [-0.25, -0.2) is 0 Å². The number of carbonyl (C=O) groups excluding carboxylic acids is 1. The summed E-state index contributed by atoms with van der Waals surface area (Å²) in [6.07, 6.45) is 0.878. The molecule has 5 heteroatoms. The lowest BCUT2D eigenvalue weighted by molar-refractivity contribution is 0.0662. The molecular formula is C13H21ClN2O2. The van der Waals surface area contributed by atoms with Gasteiger partial charge in [-0.1, -0.05) is 6.92 Å². The third-order valence-corrected chi connectivity index (χ3v) is 3.53. The Kier molecular flexibility index (Phi) is 4.82. The molecule has 1 aromatic rings. The Morgan fingerprint density at radius 3 is 2.67 bits per heavy atom. The lowest BCUT2D eigenvalue weighted by Gasteiger charge is -2.35. The first-order valence-electron chi connectivity index (χ1n) is 6.11. The summed E-state index contributed by atoms with van der Waals surface area (Å²) < 4.78 is 5.40. The van der Waals surface area contributed by atoms with E-state index in [-0.39, 0.29) is 24.4 Å². The van der Waals surface area contributed by atoms with Crippen molar-refractivity contribution in [3.8, 4) is 0 Å². The molecule has 2 atom stereocenters. The number of rotatable bonds is 1. The number of piperidine rings is 1. The van der Waals surface area contributed by atoms with E-state index in [9.17, 15) is 4.79 Å². The van der Waals surface area contributed by atoms with Gasteiger partial charge in [0.05, 0.1) is 5.56 Å². The third-order valence-electron chi connectivity index (χ3n) is 3.53. The molecule has 2 heterocycles. The maximum atomic E-state index is 12.3. The summed E-state index contributed by atoms with van der Waals surface area (Å²) in [7, 11) is 0. The van der Waals surface area contributed by atoms with Crippen molar-refractivity contribution in [3.63, 3.8) is 0 Å². The van der Waals surface area contributed by atoms with Gasteiger partial charge in [0, 0.05) is 19.1 Å². The molecule has 1 saturated heterocycles. The Labute approximate surface area is 114 Å². The van der Waals surface area contributed by atoms with Crippen molar-refractivity contribution in [1.82, 2.24) is 4.90 Å². The van der Waals surface area contributed by atoms with Crippen molar-refractivity contribution in [2.24, 2.45) is 11.7 Å². The van der Waals surface area contributed by atoms with Crippen LogP contribution in [0.2, 0.25) is 0 Å². The van der Waals surface area contributed by atoms with Crippen LogP contribution in [0.1, 0.15) is 35.2 Å². The number of aryl methyl sites for hydroxylation is 2. The molecule has 4 nitrogen and oxygen atoms in total. The highest BCUT2D eigenvalue weighted by Crippen LogP contribution is 2.20. The van der Waals surface area contributed by atoms with Crippen molar-refractivity contribution >= 4 is 18.3 Å². The van der Waals surface area contributed by atoms with Crippen LogP contribution in [0.3, 0.4) is 0 Å². The molecular weight excluding hydrogens is 252 g/mol. The molecule has 0 spiro atoms. The van der Waals surface area contributed by atoms with Crippen LogP contribution in [0.4, 0.5) is 0 Å². The molecule has 1 aliphatic rings. The maximum absolute atomic E-state index is 12.3. The molecule has 0 aliphatic carbocycles. The first kappa shape index (κ1) is 15.1. The van der Waals surface area contributed by atoms with Gasteiger partial charge >= 0.3 is 0 Å². The van der Waals surface area contributed by atoms with Gasteiger partial charge in [0.1, 0.15) is 11.5 Å². The van der Waals surface area contributed by atoms with Crippen LogP contribution in [-0.2, 0) is 0 Å². The average Bonchev–Trinajstić information content (AvgIpc) is 2.61. The number of hydrogen-bond donors (Lipinski definition) is 1. The van der Waals surface area contributed by atoms with Crippen molar-refractivity contribution < 1.29 is 9.21 Å². The van der Waals surface area contributed by atoms with E-state index in [4.69, 9.17) is 10.2 Å². The normalized spacial score (nSPS) is 23.7. The molecule has 2 N–H and O–H groups in total. The minimum absolute atomic E-state index is 0. The minimum Gasteiger partial charge on any atom is -0.466 e. The Morgan fingerprint density at radius 2 is 2.17 bits per heavy atom. The van der Waals surface area contributed by atoms with Crippen molar-refractivity contribution in [3.05, 3.63) is 23.2 Å². The number of amides is 1. The van der Waals surface area contributed by atoms with E-state index in [1.165, 1.54) is 0 Å².